The molecule has 3 N–H and O–H groups in total. The number of nitrogens with zero attached hydrogens (tertiary/aromatic N) is 3. The number of hydrogen-bond donors (Lipinski definition) is 2. The van der Waals surface area contributed by atoms with Crippen LogP contribution in [-0.2, 0) is 21.1 Å². The Morgan fingerprint density at radius 1 is 1.08 bits per heavy atom. The normalized spacial score (nSPS) is 14.6. The number of ether oxygens (including phenoxy) is 1. The van der Waals surface area contributed by atoms with E-state index in [9.17, 15) is 12.8 Å². The van der Waals surface area contributed by atoms with E-state index in [1.165, 1.54) is 12.3 Å². The number of nitrogen functional groups attached to an aromatic ring is 1. The van der Waals surface area contributed by atoms with Crippen LogP contribution in [0.5, 0.6) is 0 Å². The van der Waals surface area contributed by atoms with Gasteiger partial charge in [-0.1, -0.05) is 23.4 Å². The summed E-state index contributed by atoms with van der Waals surface area (Å²) in [6, 6.07) is 13.0. The molecule has 2 aromatic heterocycles. The Morgan fingerprint density at radius 2 is 1.84 bits per heavy atom. The summed E-state index contributed by atoms with van der Waals surface area (Å²) in [5, 5.41) is 6.53. The second-order valence-corrected chi connectivity index (χ2v) is 11.0. The van der Waals surface area contributed by atoms with Gasteiger partial charge in [0, 0.05) is 37.0 Å². The minimum absolute atomic E-state index is 0.120. The average molecular weight is 524 g/mol. The molecule has 1 saturated heterocycles. The largest absolute Gasteiger partial charge is 0.382 e. The van der Waals surface area contributed by atoms with Crippen molar-refractivity contribution in [1.82, 2.24) is 20.4 Å². The smallest absolute Gasteiger partial charge is 0.189 e. The zero-order valence-corrected chi connectivity index (χ0v) is 21.0. The highest BCUT2D eigenvalue weighted by Crippen LogP contribution is 2.31. The van der Waals surface area contributed by atoms with Gasteiger partial charge in [-0.2, -0.15) is 0 Å². The molecule has 11 heteroatoms. The van der Waals surface area contributed by atoms with Crippen LogP contribution in [0.2, 0.25) is 0 Å². The maximum Gasteiger partial charge on any atom is 0.189 e. The van der Waals surface area contributed by atoms with Crippen LogP contribution in [0.15, 0.2) is 64.1 Å². The molecule has 1 aliphatic rings. The van der Waals surface area contributed by atoms with Crippen molar-refractivity contribution in [2.45, 2.75) is 29.5 Å². The van der Waals surface area contributed by atoms with Gasteiger partial charge < -0.3 is 20.3 Å². The zero-order chi connectivity index (χ0) is 26.0. The van der Waals surface area contributed by atoms with Gasteiger partial charge in [0.25, 0.3) is 0 Å². The van der Waals surface area contributed by atoms with Crippen molar-refractivity contribution in [3.63, 3.8) is 0 Å². The zero-order valence-electron chi connectivity index (χ0n) is 20.1. The van der Waals surface area contributed by atoms with Gasteiger partial charge in [-0.05, 0) is 49.7 Å². The van der Waals surface area contributed by atoms with Crippen molar-refractivity contribution in [3.8, 4) is 34.0 Å². The maximum atomic E-state index is 14.7. The van der Waals surface area contributed by atoms with E-state index >= 15 is 0 Å². The van der Waals surface area contributed by atoms with Crippen LogP contribution in [0.3, 0.4) is 0 Å². The molecule has 0 unspecified atom stereocenters. The van der Waals surface area contributed by atoms with E-state index in [-0.39, 0.29) is 22.2 Å². The maximum absolute atomic E-state index is 14.7. The van der Waals surface area contributed by atoms with Gasteiger partial charge in [0.2, 0.25) is 0 Å². The summed E-state index contributed by atoms with van der Waals surface area (Å²) in [7, 11) is -1.65. The summed E-state index contributed by atoms with van der Waals surface area (Å²) in [5.41, 5.74) is 8.85. The summed E-state index contributed by atoms with van der Waals surface area (Å²) < 4.78 is 51.3. The van der Waals surface area contributed by atoms with E-state index < -0.39 is 20.9 Å². The molecule has 1 aliphatic heterocycles. The van der Waals surface area contributed by atoms with Crippen LogP contribution < -0.4 is 11.1 Å². The highest BCUT2D eigenvalue weighted by atomic mass is 32.2. The molecule has 2 aromatic carbocycles. The second-order valence-electron chi connectivity index (χ2n) is 8.79. The number of nitrogens with one attached hydrogen (secondary N) is 1. The number of benzene rings is 2. The molecule has 3 heterocycles. The Hall–Kier alpha value is -3.67. The number of hydrogen-bond acceptors (Lipinski definition) is 9. The predicted octanol–water partition coefficient (Wildman–Crippen LogP) is 3.86. The number of anilines is 1. The molecule has 0 bridgehead atoms. The molecule has 0 atom stereocenters. The lowest BCUT2D eigenvalue weighted by molar-refractivity contribution is 0.0983. The Balaban J connectivity index is 1.41. The van der Waals surface area contributed by atoms with Crippen LogP contribution in [0, 0.1) is 5.82 Å². The lowest BCUT2D eigenvalue weighted by Crippen LogP contribution is -2.28. The minimum Gasteiger partial charge on any atom is -0.382 e. The molecule has 0 amide bonds. The Morgan fingerprint density at radius 3 is 2.54 bits per heavy atom. The molecule has 192 valence electrons. The van der Waals surface area contributed by atoms with E-state index in [1.54, 1.807) is 43.4 Å². The number of nitrogens with two attached hydrogens (primary N) is 1. The van der Waals surface area contributed by atoms with Gasteiger partial charge in [-0.3, -0.25) is 0 Å². The second kappa shape index (κ2) is 10.4. The van der Waals surface area contributed by atoms with Gasteiger partial charge in [0.05, 0.1) is 22.0 Å². The molecule has 4 aromatic rings. The summed E-state index contributed by atoms with van der Waals surface area (Å²) in [4.78, 5) is 9.05. The van der Waals surface area contributed by atoms with Gasteiger partial charge in [0.15, 0.2) is 27.1 Å². The number of aromatic nitrogens is 3. The third-order valence-electron chi connectivity index (χ3n) is 6.32. The molecule has 9 nitrogen and oxygen atoms in total. The van der Waals surface area contributed by atoms with Crippen molar-refractivity contribution >= 4 is 15.7 Å². The molecular formula is C26H26FN5O4S. The first-order valence-corrected chi connectivity index (χ1v) is 13.4. The van der Waals surface area contributed by atoms with Crippen LogP contribution >= 0.6 is 0 Å². The standard InChI is InChI=1S/C26H26FN5O4S/c1-29-14-16-2-7-20(21(27)12-16)22-13-24(36-32-22)25-26(28)30-15-23(31-25)17-3-5-18(6-4-17)37(33,34)19-8-10-35-11-9-19/h2-7,12-13,15,19,29H,8-11,14H2,1H3,(H2,28,30). The monoisotopic (exact) mass is 523 g/mol. The van der Waals surface area contributed by atoms with E-state index in [0.717, 1.165) is 5.56 Å². The highest BCUT2D eigenvalue weighted by Gasteiger charge is 2.29. The lowest BCUT2D eigenvalue weighted by atomic mass is 10.1. The molecule has 1 fully saturated rings. The van der Waals surface area contributed by atoms with Crippen molar-refractivity contribution in [3.05, 3.63) is 66.1 Å². The van der Waals surface area contributed by atoms with Crippen molar-refractivity contribution < 1.29 is 22.1 Å². The summed E-state index contributed by atoms with van der Waals surface area (Å²) in [6.07, 6.45) is 2.47. The molecule has 0 saturated carbocycles. The lowest BCUT2D eigenvalue weighted by Gasteiger charge is -2.22. The first-order chi connectivity index (χ1) is 17.9. The van der Waals surface area contributed by atoms with Crippen LogP contribution in [0.25, 0.3) is 34.0 Å². The van der Waals surface area contributed by atoms with Gasteiger partial charge in [-0.25, -0.2) is 22.8 Å². The Bertz CT molecular complexity index is 1520. The topological polar surface area (TPSA) is 133 Å². The van der Waals surface area contributed by atoms with E-state index in [1.807, 2.05) is 6.07 Å². The van der Waals surface area contributed by atoms with Crippen molar-refractivity contribution in [2.75, 3.05) is 26.0 Å². The number of halogens is 1. The van der Waals surface area contributed by atoms with Gasteiger partial charge in [0.1, 0.15) is 11.5 Å². The third kappa shape index (κ3) is 5.10. The molecule has 37 heavy (non-hydrogen) atoms. The minimum atomic E-state index is -3.45. The van der Waals surface area contributed by atoms with Crippen molar-refractivity contribution in [1.29, 1.82) is 0 Å². The Kier molecular flexibility index (Phi) is 7.00. The Labute approximate surface area is 213 Å². The molecule has 0 aliphatic carbocycles. The van der Waals surface area contributed by atoms with E-state index in [2.05, 4.69) is 20.4 Å². The molecule has 0 spiro atoms. The summed E-state index contributed by atoms with van der Waals surface area (Å²) in [6.45, 7) is 1.44. The average Bonchev–Trinajstić information content (AvgIpc) is 3.39. The van der Waals surface area contributed by atoms with Crippen molar-refractivity contribution in [2.24, 2.45) is 0 Å². The summed E-state index contributed by atoms with van der Waals surface area (Å²) in [5.74, 6) is -0.0644. The fraction of sp³-hybridized carbons (Fsp3) is 0.269. The van der Waals surface area contributed by atoms with Gasteiger partial charge in [-0.15, -0.1) is 0 Å². The molecule has 0 radical (unpaired) electrons. The van der Waals surface area contributed by atoms with E-state index in [4.69, 9.17) is 15.0 Å². The van der Waals surface area contributed by atoms with Gasteiger partial charge >= 0.3 is 0 Å². The van der Waals surface area contributed by atoms with Crippen LogP contribution in [0.1, 0.15) is 18.4 Å². The number of sulfone groups is 1. The van der Waals surface area contributed by atoms with E-state index in [0.29, 0.717) is 55.1 Å². The highest BCUT2D eigenvalue weighted by molar-refractivity contribution is 7.92. The first-order valence-electron chi connectivity index (χ1n) is 11.8. The fourth-order valence-electron chi connectivity index (χ4n) is 4.31. The van der Waals surface area contributed by atoms with Crippen LogP contribution in [-0.4, -0.2) is 49.1 Å². The van der Waals surface area contributed by atoms with Crippen LogP contribution in [0.4, 0.5) is 10.2 Å². The number of rotatable bonds is 7. The quantitative estimate of drug-likeness (QED) is 0.370. The first kappa shape index (κ1) is 25.0. The fourth-order valence-corrected chi connectivity index (χ4v) is 6.02. The third-order valence-corrected chi connectivity index (χ3v) is 8.60. The summed E-state index contributed by atoms with van der Waals surface area (Å²) >= 11 is 0. The molecule has 5 rings (SSSR count). The molecular weight excluding hydrogens is 497 g/mol. The SMILES string of the molecule is CNCc1ccc(-c2cc(-c3nc(-c4ccc(S(=O)(=O)C5CCOCC5)cc4)cnc3N)on2)c(F)c1. The predicted molar refractivity (Wildman–Crippen MR) is 137 cm³/mol.